The number of ether oxygens (including phenoxy) is 1. The van der Waals surface area contributed by atoms with Gasteiger partial charge in [0.05, 0.1) is 6.10 Å². The van der Waals surface area contributed by atoms with Crippen LogP contribution in [0.3, 0.4) is 0 Å². The molecule has 2 atom stereocenters. The number of benzene rings is 1. The molecule has 1 heterocycles. The Kier molecular flexibility index (Phi) is 4.93. The van der Waals surface area contributed by atoms with Gasteiger partial charge >= 0.3 is 0 Å². The van der Waals surface area contributed by atoms with E-state index in [4.69, 9.17) is 10.5 Å². The molecular formula is C15H22N2O2. The number of hydrogen-bond acceptors (Lipinski definition) is 3. The largest absolute Gasteiger partial charge is 0.378 e. The van der Waals surface area contributed by atoms with Crippen molar-refractivity contribution >= 4 is 5.91 Å². The summed E-state index contributed by atoms with van der Waals surface area (Å²) in [5, 5.41) is 2.98. The average Bonchev–Trinajstić information content (AvgIpc) is 2.83. The predicted molar refractivity (Wildman–Crippen MR) is 75.1 cm³/mol. The third-order valence-corrected chi connectivity index (χ3v) is 3.71. The van der Waals surface area contributed by atoms with Crippen LogP contribution >= 0.6 is 0 Å². The fourth-order valence-electron chi connectivity index (χ4n) is 2.36. The first-order chi connectivity index (χ1) is 9.20. The van der Waals surface area contributed by atoms with E-state index in [1.165, 1.54) is 0 Å². The van der Waals surface area contributed by atoms with Crippen molar-refractivity contribution in [3.63, 3.8) is 0 Å². The molecule has 2 rings (SSSR count). The minimum Gasteiger partial charge on any atom is -0.378 e. The molecule has 1 aromatic carbocycles. The Bertz CT molecular complexity index is 417. The molecule has 104 valence electrons. The molecule has 1 aliphatic heterocycles. The van der Waals surface area contributed by atoms with E-state index in [-0.39, 0.29) is 12.0 Å². The van der Waals surface area contributed by atoms with Gasteiger partial charge in [-0.1, -0.05) is 12.1 Å². The van der Waals surface area contributed by atoms with Crippen molar-refractivity contribution in [2.45, 2.75) is 25.9 Å². The van der Waals surface area contributed by atoms with Crippen molar-refractivity contribution in [2.75, 3.05) is 19.7 Å². The van der Waals surface area contributed by atoms with Crippen molar-refractivity contribution in [1.82, 2.24) is 5.32 Å². The Morgan fingerprint density at radius 1 is 1.42 bits per heavy atom. The van der Waals surface area contributed by atoms with Gasteiger partial charge in [-0.3, -0.25) is 4.79 Å². The normalized spacial score (nSPS) is 22.4. The zero-order valence-electron chi connectivity index (χ0n) is 11.4. The van der Waals surface area contributed by atoms with Gasteiger partial charge in [-0.2, -0.15) is 0 Å². The quantitative estimate of drug-likeness (QED) is 0.841. The molecule has 1 amide bonds. The molecule has 0 saturated carbocycles. The Morgan fingerprint density at radius 3 is 2.74 bits per heavy atom. The predicted octanol–water partition coefficient (Wildman–Crippen LogP) is 1.34. The highest BCUT2D eigenvalue weighted by atomic mass is 16.5. The van der Waals surface area contributed by atoms with Crippen LogP contribution in [-0.4, -0.2) is 31.7 Å². The number of amides is 1. The second-order valence-corrected chi connectivity index (χ2v) is 5.07. The second-order valence-electron chi connectivity index (χ2n) is 5.07. The maximum atomic E-state index is 12.0. The van der Waals surface area contributed by atoms with E-state index in [0.29, 0.717) is 24.6 Å². The maximum Gasteiger partial charge on any atom is 0.251 e. The zero-order valence-corrected chi connectivity index (χ0v) is 11.4. The van der Waals surface area contributed by atoms with Crippen LogP contribution in [0.25, 0.3) is 0 Å². The van der Waals surface area contributed by atoms with E-state index in [2.05, 4.69) is 12.2 Å². The van der Waals surface area contributed by atoms with Gasteiger partial charge in [-0.05, 0) is 44.0 Å². The van der Waals surface area contributed by atoms with Gasteiger partial charge in [0, 0.05) is 24.6 Å². The summed E-state index contributed by atoms with van der Waals surface area (Å²) in [6, 6.07) is 7.63. The first-order valence-electron chi connectivity index (χ1n) is 6.89. The van der Waals surface area contributed by atoms with E-state index in [9.17, 15) is 4.79 Å². The topological polar surface area (TPSA) is 64.3 Å². The van der Waals surface area contributed by atoms with Crippen LogP contribution in [0.15, 0.2) is 24.3 Å². The number of hydrogen-bond donors (Lipinski definition) is 2. The van der Waals surface area contributed by atoms with Crippen molar-refractivity contribution in [1.29, 1.82) is 0 Å². The van der Waals surface area contributed by atoms with Crippen molar-refractivity contribution in [2.24, 2.45) is 11.7 Å². The molecule has 2 unspecified atom stereocenters. The Morgan fingerprint density at radius 2 is 2.16 bits per heavy atom. The molecule has 19 heavy (non-hydrogen) atoms. The summed E-state index contributed by atoms with van der Waals surface area (Å²) in [5.41, 5.74) is 7.36. The molecule has 1 aliphatic rings. The Hall–Kier alpha value is -1.39. The number of nitrogens with one attached hydrogen (secondary N) is 1. The first kappa shape index (κ1) is 14.0. The van der Waals surface area contributed by atoms with Gasteiger partial charge in [-0.15, -0.1) is 0 Å². The molecule has 3 N–H and O–H groups in total. The minimum atomic E-state index is -0.0154. The molecule has 4 nitrogen and oxygen atoms in total. The van der Waals surface area contributed by atoms with Gasteiger partial charge in [-0.25, -0.2) is 0 Å². The van der Waals surface area contributed by atoms with Gasteiger partial charge in [0.2, 0.25) is 0 Å². The lowest BCUT2D eigenvalue weighted by molar-refractivity contribution is 0.0907. The summed E-state index contributed by atoms with van der Waals surface area (Å²) >= 11 is 0. The van der Waals surface area contributed by atoms with E-state index < -0.39 is 0 Å². The lowest BCUT2D eigenvalue weighted by Gasteiger charge is -2.14. The standard InChI is InChI=1S/C15H22N2O2/c1-11-14(7-9-19-11)10-17-15(18)13-4-2-12(3-5-13)6-8-16/h2-5,11,14H,6-10,16H2,1H3,(H,17,18). The summed E-state index contributed by atoms with van der Waals surface area (Å²) in [6.07, 6.45) is 2.11. The van der Waals surface area contributed by atoms with E-state index >= 15 is 0 Å². The minimum absolute atomic E-state index is 0.0154. The highest BCUT2D eigenvalue weighted by Gasteiger charge is 2.24. The fourth-order valence-corrected chi connectivity index (χ4v) is 2.36. The van der Waals surface area contributed by atoms with Crippen molar-refractivity contribution in [3.8, 4) is 0 Å². The molecule has 0 aromatic heterocycles. The highest BCUT2D eigenvalue weighted by molar-refractivity contribution is 5.94. The average molecular weight is 262 g/mol. The Labute approximate surface area is 114 Å². The zero-order chi connectivity index (χ0) is 13.7. The lowest BCUT2D eigenvalue weighted by atomic mass is 10.0. The van der Waals surface area contributed by atoms with Crippen LogP contribution in [0.1, 0.15) is 29.3 Å². The second kappa shape index (κ2) is 6.68. The molecule has 0 bridgehead atoms. The molecule has 1 fully saturated rings. The van der Waals surface area contributed by atoms with Gasteiger partial charge < -0.3 is 15.8 Å². The lowest BCUT2D eigenvalue weighted by Crippen LogP contribution is -2.31. The number of carbonyl (C=O) groups excluding carboxylic acids is 1. The fraction of sp³-hybridized carbons (Fsp3) is 0.533. The van der Waals surface area contributed by atoms with Crippen molar-refractivity contribution in [3.05, 3.63) is 35.4 Å². The molecule has 1 saturated heterocycles. The van der Waals surface area contributed by atoms with E-state index in [1.54, 1.807) is 0 Å². The number of rotatable bonds is 5. The molecule has 0 radical (unpaired) electrons. The summed E-state index contributed by atoms with van der Waals surface area (Å²) in [6.45, 7) is 4.18. The van der Waals surface area contributed by atoms with Crippen LogP contribution in [0.5, 0.6) is 0 Å². The van der Waals surface area contributed by atoms with Crippen LogP contribution < -0.4 is 11.1 Å². The SMILES string of the molecule is CC1OCCC1CNC(=O)c1ccc(CCN)cc1. The molecule has 1 aromatic rings. The van der Waals surface area contributed by atoms with Gasteiger partial charge in [0.25, 0.3) is 5.91 Å². The summed E-state index contributed by atoms with van der Waals surface area (Å²) in [7, 11) is 0. The Balaban J connectivity index is 1.85. The van der Waals surface area contributed by atoms with Crippen LogP contribution in [-0.2, 0) is 11.2 Å². The molecular weight excluding hydrogens is 240 g/mol. The van der Waals surface area contributed by atoms with E-state index in [1.807, 2.05) is 24.3 Å². The van der Waals surface area contributed by atoms with Crippen LogP contribution in [0.2, 0.25) is 0 Å². The third kappa shape index (κ3) is 3.78. The monoisotopic (exact) mass is 262 g/mol. The molecule has 0 spiro atoms. The molecule has 4 heteroatoms. The highest BCUT2D eigenvalue weighted by Crippen LogP contribution is 2.19. The summed E-state index contributed by atoms with van der Waals surface area (Å²) < 4.78 is 5.48. The number of carbonyl (C=O) groups is 1. The summed E-state index contributed by atoms with van der Waals surface area (Å²) in [5.74, 6) is 0.416. The van der Waals surface area contributed by atoms with Crippen LogP contribution in [0.4, 0.5) is 0 Å². The molecule has 0 aliphatic carbocycles. The summed E-state index contributed by atoms with van der Waals surface area (Å²) in [4.78, 5) is 12.0. The van der Waals surface area contributed by atoms with Crippen molar-refractivity contribution < 1.29 is 9.53 Å². The maximum absolute atomic E-state index is 12.0. The van der Waals surface area contributed by atoms with E-state index in [0.717, 1.165) is 25.0 Å². The third-order valence-electron chi connectivity index (χ3n) is 3.71. The van der Waals surface area contributed by atoms with Gasteiger partial charge in [0.1, 0.15) is 0 Å². The van der Waals surface area contributed by atoms with Gasteiger partial charge in [0.15, 0.2) is 0 Å². The first-order valence-corrected chi connectivity index (χ1v) is 6.89. The smallest absolute Gasteiger partial charge is 0.251 e. The van der Waals surface area contributed by atoms with Crippen LogP contribution in [0, 0.1) is 5.92 Å². The number of nitrogens with two attached hydrogens (primary N) is 1.